The first-order valence-corrected chi connectivity index (χ1v) is 9.02. The Hall–Kier alpha value is -0.540. The number of nitrogens with one attached hydrogen (secondary N) is 1. The van der Waals surface area contributed by atoms with Gasteiger partial charge in [-0.3, -0.25) is 0 Å². The van der Waals surface area contributed by atoms with Crippen LogP contribution in [-0.2, 0) is 6.54 Å². The number of nitrogens with zero attached hydrogens (tertiary/aromatic N) is 1. The van der Waals surface area contributed by atoms with Crippen LogP contribution in [0.2, 0.25) is 0 Å². The summed E-state index contributed by atoms with van der Waals surface area (Å²) in [5.74, 6) is 1.55. The highest BCUT2D eigenvalue weighted by Gasteiger charge is 2.24. The number of hydrogen-bond donors (Lipinski definition) is 1. The van der Waals surface area contributed by atoms with E-state index in [0.29, 0.717) is 12.0 Å². The highest BCUT2D eigenvalue weighted by Crippen LogP contribution is 2.31. The Morgan fingerprint density at radius 2 is 2.10 bits per heavy atom. The molecule has 3 heteroatoms. The molecule has 1 aromatic carbocycles. The van der Waals surface area contributed by atoms with E-state index in [1.165, 1.54) is 35.1 Å². The summed E-state index contributed by atoms with van der Waals surface area (Å²) >= 11 is 3.62. The normalized spacial score (nSPS) is 22.9. The maximum absolute atomic E-state index is 3.62. The molecule has 2 nitrogen and oxygen atoms in total. The molecule has 0 radical (unpaired) electrons. The molecule has 21 heavy (non-hydrogen) atoms. The maximum atomic E-state index is 3.62. The van der Waals surface area contributed by atoms with E-state index in [1.807, 2.05) is 0 Å². The molecule has 1 fully saturated rings. The van der Waals surface area contributed by atoms with Crippen LogP contribution in [0.15, 0.2) is 22.7 Å². The average Bonchev–Trinajstić information content (AvgIpc) is 2.39. The van der Waals surface area contributed by atoms with Crippen molar-refractivity contribution in [2.45, 2.75) is 53.1 Å². The van der Waals surface area contributed by atoms with Gasteiger partial charge < -0.3 is 10.2 Å². The molecule has 2 rings (SSSR count). The molecule has 1 aromatic rings. The Kier molecular flexibility index (Phi) is 6.12. The molecular formula is C18H29BrN2. The number of benzene rings is 1. The maximum Gasteiger partial charge on any atom is 0.0415 e. The molecule has 2 atom stereocenters. The van der Waals surface area contributed by atoms with E-state index in [2.05, 4.69) is 72.0 Å². The van der Waals surface area contributed by atoms with Gasteiger partial charge in [0.15, 0.2) is 0 Å². The fraction of sp³-hybridized carbons (Fsp3) is 0.667. The molecule has 1 aliphatic heterocycles. The van der Waals surface area contributed by atoms with Gasteiger partial charge in [0, 0.05) is 29.3 Å². The third kappa shape index (κ3) is 4.72. The Morgan fingerprint density at radius 3 is 2.76 bits per heavy atom. The van der Waals surface area contributed by atoms with E-state index in [0.717, 1.165) is 19.0 Å². The standard InChI is InChI=1S/C18H29BrN2/c1-13(2)11-20-12-16-10-17(19)5-6-18(16)21-8-7-14(3)9-15(21)4/h5-6,10,13-15,20H,7-9,11-12H2,1-4H3. The zero-order chi connectivity index (χ0) is 15.4. The van der Waals surface area contributed by atoms with Gasteiger partial charge in [0.2, 0.25) is 0 Å². The van der Waals surface area contributed by atoms with E-state index >= 15 is 0 Å². The third-order valence-electron chi connectivity index (χ3n) is 4.36. The summed E-state index contributed by atoms with van der Waals surface area (Å²) < 4.78 is 1.17. The van der Waals surface area contributed by atoms with Crippen molar-refractivity contribution in [1.82, 2.24) is 5.32 Å². The Labute approximate surface area is 138 Å². The predicted molar refractivity (Wildman–Crippen MR) is 95.9 cm³/mol. The first kappa shape index (κ1) is 16.8. The summed E-state index contributed by atoms with van der Waals surface area (Å²) in [6.45, 7) is 12.4. The van der Waals surface area contributed by atoms with Gasteiger partial charge in [-0.2, -0.15) is 0 Å². The van der Waals surface area contributed by atoms with Crippen molar-refractivity contribution in [1.29, 1.82) is 0 Å². The number of rotatable bonds is 5. The average molecular weight is 353 g/mol. The van der Waals surface area contributed by atoms with Crippen molar-refractivity contribution in [2.24, 2.45) is 11.8 Å². The quantitative estimate of drug-likeness (QED) is 0.816. The molecule has 1 N–H and O–H groups in total. The zero-order valence-corrected chi connectivity index (χ0v) is 15.4. The predicted octanol–water partition coefficient (Wildman–Crippen LogP) is 4.82. The molecular weight excluding hydrogens is 324 g/mol. The third-order valence-corrected chi connectivity index (χ3v) is 4.85. The minimum absolute atomic E-state index is 0.638. The van der Waals surface area contributed by atoms with Gasteiger partial charge in [0.25, 0.3) is 0 Å². The molecule has 0 amide bonds. The van der Waals surface area contributed by atoms with Crippen LogP contribution in [0.1, 0.15) is 46.1 Å². The van der Waals surface area contributed by atoms with Crippen LogP contribution in [0.5, 0.6) is 0 Å². The number of halogens is 1. The van der Waals surface area contributed by atoms with Crippen molar-refractivity contribution in [3.63, 3.8) is 0 Å². The van der Waals surface area contributed by atoms with Crippen LogP contribution in [-0.4, -0.2) is 19.1 Å². The molecule has 0 bridgehead atoms. The minimum atomic E-state index is 0.638. The second-order valence-electron chi connectivity index (χ2n) is 6.97. The number of piperidine rings is 1. The van der Waals surface area contributed by atoms with Crippen molar-refractivity contribution in [3.05, 3.63) is 28.2 Å². The Morgan fingerprint density at radius 1 is 1.33 bits per heavy atom. The lowest BCUT2D eigenvalue weighted by Gasteiger charge is -2.39. The van der Waals surface area contributed by atoms with Gasteiger partial charge in [-0.15, -0.1) is 0 Å². The largest absolute Gasteiger partial charge is 0.369 e. The molecule has 0 saturated carbocycles. The zero-order valence-electron chi connectivity index (χ0n) is 13.8. The van der Waals surface area contributed by atoms with E-state index in [-0.39, 0.29) is 0 Å². The van der Waals surface area contributed by atoms with Crippen molar-refractivity contribution in [2.75, 3.05) is 18.0 Å². The summed E-state index contributed by atoms with van der Waals surface area (Å²) in [5.41, 5.74) is 2.82. The first-order valence-electron chi connectivity index (χ1n) is 8.23. The summed E-state index contributed by atoms with van der Waals surface area (Å²) in [4.78, 5) is 2.60. The SMILES string of the molecule is CC(C)CNCc1cc(Br)ccc1N1CCC(C)CC1C. The molecule has 0 spiro atoms. The monoisotopic (exact) mass is 352 g/mol. The van der Waals surface area contributed by atoms with E-state index < -0.39 is 0 Å². The van der Waals surface area contributed by atoms with Gasteiger partial charge in [0.1, 0.15) is 0 Å². The topological polar surface area (TPSA) is 15.3 Å². The lowest BCUT2D eigenvalue weighted by Crippen LogP contribution is -2.41. The smallest absolute Gasteiger partial charge is 0.0415 e. The van der Waals surface area contributed by atoms with Crippen LogP contribution in [0, 0.1) is 11.8 Å². The van der Waals surface area contributed by atoms with Gasteiger partial charge in [-0.1, -0.05) is 36.7 Å². The fourth-order valence-corrected chi connectivity index (χ4v) is 3.65. The molecule has 0 aliphatic carbocycles. The van der Waals surface area contributed by atoms with Crippen LogP contribution in [0.25, 0.3) is 0 Å². The molecule has 1 heterocycles. The van der Waals surface area contributed by atoms with Crippen molar-refractivity contribution in [3.8, 4) is 0 Å². The van der Waals surface area contributed by atoms with E-state index in [9.17, 15) is 0 Å². The number of anilines is 1. The Bertz CT molecular complexity index is 459. The van der Waals surface area contributed by atoms with Crippen LogP contribution in [0.3, 0.4) is 0 Å². The van der Waals surface area contributed by atoms with Gasteiger partial charge in [-0.05, 0) is 61.9 Å². The fourth-order valence-electron chi connectivity index (χ4n) is 3.24. The summed E-state index contributed by atoms with van der Waals surface area (Å²) in [6.07, 6.45) is 2.61. The second-order valence-corrected chi connectivity index (χ2v) is 7.89. The summed E-state index contributed by atoms with van der Waals surface area (Å²) in [6, 6.07) is 7.36. The molecule has 2 unspecified atom stereocenters. The van der Waals surface area contributed by atoms with Crippen LogP contribution < -0.4 is 10.2 Å². The highest BCUT2D eigenvalue weighted by molar-refractivity contribution is 9.10. The number of hydrogen-bond acceptors (Lipinski definition) is 2. The molecule has 1 aliphatic rings. The van der Waals surface area contributed by atoms with Gasteiger partial charge >= 0.3 is 0 Å². The summed E-state index contributed by atoms with van der Waals surface area (Å²) in [7, 11) is 0. The van der Waals surface area contributed by atoms with Crippen molar-refractivity contribution < 1.29 is 0 Å². The van der Waals surface area contributed by atoms with Gasteiger partial charge in [0.05, 0.1) is 0 Å². The minimum Gasteiger partial charge on any atom is -0.369 e. The first-order chi connectivity index (χ1) is 9.97. The van der Waals surface area contributed by atoms with Crippen LogP contribution >= 0.6 is 15.9 Å². The highest BCUT2D eigenvalue weighted by atomic mass is 79.9. The van der Waals surface area contributed by atoms with Crippen molar-refractivity contribution >= 4 is 21.6 Å². The lowest BCUT2D eigenvalue weighted by molar-refractivity contribution is 0.377. The van der Waals surface area contributed by atoms with Crippen LogP contribution in [0.4, 0.5) is 5.69 Å². The lowest BCUT2D eigenvalue weighted by atomic mass is 9.92. The summed E-state index contributed by atoms with van der Waals surface area (Å²) in [5, 5.41) is 3.58. The van der Waals surface area contributed by atoms with E-state index in [1.54, 1.807) is 0 Å². The molecule has 0 aromatic heterocycles. The Balaban J connectivity index is 2.14. The molecule has 118 valence electrons. The molecule has 1 saturated heterocycles. The second kappa shape index (κ2) is 7.64. The van der Waals surface area contributed by atoms with E-state index in [4.69, 9.17) is 0 Å². The van der Waals surface area contributed by atoms with Gasteiger partial charge in [-0.25, -0.2) is 0 Å².